The lowest BCUT2D eigenvalue weighted by Gasteiger charge is -2.35. The average Bonchev–Trinajstić information content (AvgIpc) is 2.80. The molecule has 0 saturated carbocycles. The van der Waals surface area contributed by atoms with Crippen LogP contribution in [0.2, 0.25) is 0 Å². The number of hydrogen-bond acceptors (Lipinski definition) is 6. The predicted octanol–water partition coefficient (Wildman–Crippen LogP) is 2.47. The van der Waals surface area contributed by atoms with Gasteiger partial charge in [-0.3, -0.25) is 4.79 Å². The number of aromatic nitrogens is 3. The Kier molecular flexibility index (Phi) is 5.65. The van der Waals surface area contributed by atoms with Crippen LogP contribution in [0.5, 0.6) is 0 Å². The van der Waals surface area contributed by atoms with Crippen molar-refractivity contribution in [3.8, 4) is 0 Å². The minimum absolute atomic E-state index is 0.0774. The molecule has 7 heteroatoms. The molecule has 0 N–H and O–H groups in total. The first kappa shape index (κ1) is 18.9. The van der Waals surface area contributed by atoms with Crippen molar-refractivity contribution in [1.82, 2.24) is 19.9 Å². The number of nitrogens with zero attached hydrogens (tertiary/aromatic N) is 6. The number of carbonyl (C=O) groups is 1. The quantitative estimate of drug-likeness (QED) is 0.669. The van der Waals surface area contributed by atoms with Gasteiger partial charge in [-0.1, -0.05) is 30.3 Å². The molecule has 1 saturated heterocycles. The Bertz CT molecular complexity index is 925. The average molecular weight is 388 g/mol. The van der Waals surface area contributed by atoms with Gasteiger partial charge in [0.2, 0.25) is 5.95 Å². The third-order valence-electron chi connectivity index (χ3n) is 5.06. The summed E-state index contributed by atoms with van der Waals surface area (Å²) in [7, 11) is 1.80. The number of benzene rings is 1. The summed E-state index contributed by atoms with van der Waals surface area (Å²) in [4.78, 5) is 31.9. The van der Waals surface area contributed by atoms with E-state index in [4.69, 9.17) is 0 Å². The Morgan fingerprint density at radius 1 is 0.897 bits per heavy atom. The molecule has 1 fully saturated rings. The molecule has 0 aliphatic carbocycles. The van der Waals surface area contributed by atoms with Crippen LogP contribution in [0.15, 0.2) is 67.1 Å². The molecule has 148 valence electrons. The molecule has 1 aromatic carbocycles. The zero-order chi connectivity index (χ0) is 20.1. The maximum Gasteiger partial charge on any atom is 0.272 e. The lowest BCUT2D eigenvalue weighted by Crippen LogP contribution is -2.47. The van der Waals surface area contributed by atoms with Gasteiger partial charge in [-0.15, -0.1) is 0 Å². The highest BCUT2D eigenvalue weighted by molar-refractivity contribution is 5.92. The van der Waals surface area contributed by atoms with Crippen LogP contribution in [0.25, 0.3) is 0 Å². The number of rotatable bonds is 5. The number of carbonyl (C=O) groups excluding carboxylic acids is 1. The van der Waals surface area contributed by atoms with E-state index in [1.165, 1.54) is 0 Å². The van der Waals surface area contributed by atoms with E-state index < -0.39 is 0 Å². The van der Waals surface area contributed by atoms with Crippen LogP contribution in [-0.4, -0.2) is 59.0 Å². The van der Waals surface area contributed by atoms with Crippen molar-refractivity contribution >= 4 is 17.5 Å². The standard InChI is InChI=1S/C22H24N6O/c1-26(17-18-6-3-2-4-7-18)21(29)20-9-8-19(16-25-20)27-12-14-28(15-13-27)22-23-10-5-11-24-22/h2-11,16H,12-15,17H2,1H3. The molecule has 0 bridgehead atoms. The van der Waals surface area contributed by atoms with E-state index >= 15 is 0 Å². The van der Waals surface area contributed by atoms with E-state index in [9.17, 15) is 4.79 Å². The summed E-state index contributed by atoms with van der Waals surface area (Å²) >= 11 is 0. The van der Waals surface area contributed by atoms with Gasteiger partial charge >= 0.3 is 0 Å². The molecular weight excluding hydrogens is 364 g/mol. The second kappa shape index (κ2) is 8.68. The van der Waals surface area contributed by atoms with E-state index in [2.05, 4.69) is 24.8 Å². The summed E-state index contributed by atoms with van der Waals surface area (Å²) in [6, 6.07) is 15.6. The first-order chi connectivity index (χ1) is 14.2. The van der Waals surface area contributed by atoms with E-state index in [0.29, 0.717) is 12.2 Å². The molecule has 0 spiro atoms. The lowest BCUT2D eigenvalue weighted by molar-refractivity contribution is 0.0779. The highest BCUT2D eigenvalue weighted by Gasteiger charge is 2.20. The fourth-order valence-corrected chi connectivity index (χ4v) is 3.44. The highest BCUT2D eigenvalue weighted by Crippen LogP contribution is 2.18. The Morgan fingerprint density at radius 3 is 2.24 bits per heavy atom. The Labute approximate surface area is 170 Å². The molecule has 3 aromatic rings. The fourth-order valence-electron chi connectivity index (χ4n) is 3.44. The zero-order valence-electron chi connectivity index (χ0n) is 16.5. The van der Waals surface area contributed by atoms with Crippen molar-refractivity contribution < 1.29 is 4.79 Å². The van der Waals surface area contributed by atoms with Crippen molar-refractivity contribution in [3.63, 3.8) is 0 Å². The summed E-state index contributed by atoms with van der Waals surface area (Å²) in [5.74, 6) is 0.694. The predicted molar refractivity (Wildman–Crippen MR) is 113 cm³/mol. The summed E-state index contributed by atoms with van der Waals surface area (Å²) in [5.41, 5.74) is 2.59. The lowest BCUT2D eigenvalue weighted by atomic mass is 10.2. The maximum atomic E-state index is 12.7. The molecule has 1 amide bonds. The van der Waals surface area contributed by atoms with E-state index in [1.807, 2.05) is 48.5 Å². The van der Waals surface area contributed by atoms with Crippen LogP contribution in [0.4, 0.5) is 11.6 Å². The molecule has 4 rings (SSSR count). The Morgan fingerprint density at radius 2 is 1.59 bits per heavy atom. The summed E-state index contributed by atoms with van der Waals surface area (Å²) in [5, 5.41) is 0. The van der Waals surface area contributed by atoms with Gasteiger partial charge in [0.05, 0.1) is 11.9 Å². The second-order valence-electron chi connectivity index (χ2n) is 7.07. The molecule has 1 aliphatic heterocycles. The summed E-state index contributed by atoms with van der Waals surface area (Å²) in [6.07, 6.45) is 5.32. The van der Waals surface area contributed by atoms with Crippen molar-refractivity contribution in [2.24, 2.45) is 0 Å². The van der Waals surface area contributed by atoms with Gasteiger partial charge in [0.15, 0.2) is 0 Å². The zero-order valence-corrected chi connectivity index (χ0v) is 16.5. The molecule has 2 aromatic heterocycles. The van der Waals surface area contributed by atoms with Gasteiger partial charge < -0.3 is 14.7 Å². The van der Waals surface area contributed by atoms with Crippen molar-refractivity contribution in [2.75, 3.05) is 43.0 Å². The second-order valence-corrected chi connectivity index (χ2v) is 7.07. The molecule has 0 radical (unpaired) electrons. The van der Waals surface area contributed by atoms with E-state index in [0.717, 1.165) is 43.4 Å². The topological polar surface area (TPSA) is 65.5 Å². The van der Waals surface area contributed by atoms with Gasteiger partial charge in [-0.25, -0.2) is 15.0 Å². The number of amides is 1. The first-order valence-corrected chi connectivity index (χ1v) is 9.73. The van der Waals surface area contributed by atoms with Crippen molar-refractivity contribution in [1.29, 1.82) is 0 Å². The minimum Gasteiger partial charge on any atom is -0.367 e. The van der Waals surface area contributed by atoms with Gasteiger partial charge in [0, 0.05) is 52.2 Å². The molecule has 1 aliphatic rings. The number of hydrogen-bond donors (Lipinski definition) is 0. The van der Waals surface area contributed by atoms with Crippen LogP contribution >= 0.6 is 0 Å². The van der Waals surface area contributed by atoms with Gasteiger partial charge in [0.25, 0.3) is 5.91 Å². The smallest absolute Gasteiger partial charge is 0.272 e. The van der Waals surface area contributed by atoms with Crippen molar-refractivity contribution in [3.05, 3.63) is 78.4 Å². The Hall–Kier alpha value is -3.48. The molecule has 29 heavy (non-hydrogen) atoms. The van der Waals surface area contributed by atoms with Crippen LogP contribution in [-0.2, 0) is 6.54 Å². The van der Waals surface area contributed by atoms with Gasteiger partial charge in [-0.2, -0.15) is 0 Å². The number of anilines is 2. The highest BCUT2D eigenvalue weighted by atomic mass is 16.2. The fraction of sp³-hybridized carbons (Fsp3) is 0.273. The maximum absolute atomic E-state index is 12.7. The minimum atomic E-state index is -0.0774. The monoisotopic (exact) mass is 388 g/mol. The van der Waals surface area contributed by atoms with E-state index in [-0.39, 0.29) is 5.91 Å². The summed E-state index contributed by atoms with van der Waals surface area (Å²) in [6.45, 7) is 3.99. The molecule has 0 unspecified atom stereocenters. The first-order valence-electron chi connectivity index (χ1n) is 9.73. The van der Waals surface area contributed by atoms with Crippen LogP contribution < -0.4 is 9.80 Å². The van der Waals surface area contributed by atoms with Crippen LogP contribution in [0, 0.1) is 0 Å². The molecule has 3 heterocycles. The third-order valence-corrected chi connectivity index (χ3v) is 5.06. The van der Waals surface area contributed by atoms with Crippen LogP contribution in [0.1, 0.15) is 16.1 Å². The number of pyridine rings is 1. The third kappa shape index (κ3) is 4.51. The van der Waals surface area contributed by atoms with Crippen molar-refractivity contribution in [2.45, 2.75) is 6.54 Å². The number of piperazine rings is 1. The molecule has 7 nitrogen and oxygen atoms in total. The molecular formula is C22H24N6O. The Balaban J connectivity index is 1.35. The normalized spacial score (nSPS) is 14.0. The van der Waals surface area contributed by atoms with Gasteiger partial charge in [-0.05, 0) is 23.8 Å². The molecule has 0 atom stereocenters. The SMILES string of the molecule is CN(Cc1ccccc1)C(=O)c1ccc(N2CCN(c3ncccn3)CC2)cn1. The van der Waals surface area contributed by atoms with Crippen LogP contribution in [0.3, 0.4) is 0 Å². The largest absolute Gasteiger partial charge is 0.367 e. The van der Waals surface area contributed by atoms with E-state index in [1.54, 1.807) is 30.5 Å². The van der Waals surface area contributed by atoms with Gasteiger partial charge in [0.1, 0.15) is 5.69 Å². The summed E-state index contributed by atoms with van der Waals surface area (Å²) < 4.78 is 0.